The molecule has 2 aromatic carbocycles. The van der Waals surface area contributed by atoms with Crippen LogP contribution in [0.5, 0.6) is 11.5 Å². The molecule has 0 bridgehead atoms. The number of anilines is 1. The summed E-state index contributed by atoms with van der Waals surface area (Å²) in [5.41, 5.74) is 5.37. The van der Waals surface area contributed by atoms with E-state index in [1.807, 2.05) is 35.7 Å². The second-order valence-corrected chi connectivity index (χ2v) is 6.53. The van der Waals surface area contributed by atoms with E-state index in [9.17, 15) is 5.11 Å². The lowest BCUT2D eigenvalue weighted by Crippen LogP contribution is -1.92. The van der Waals surface area contributed by atoms with E-state index in [-0.39, 0.29) is 5.75 Å². The van der Waals surface area contributed by atoms with Crippen molar-refractivity contribution < 1.29 is 9.84 Å². The second-order valence-electron chi connectivity index (χ2n) is 4.82. The first-order valence-electron chi connectivity index (χ1n) is 7.04. The van der Waals surface area contributed by atoms with Crippen LogP contribution in [0.2, 0.25) is 0 Å². The van der Waals surface area contributed by atoms with Gasteiger partial charge in [-0.05, 0) is 28.1 Å². The van der Waals surface area contributed by atoms with Crippen molar-refractivity contribution in [1.29, 1.82) is 0 Å². The van der Waals surface area contributed by atoms with Crippen LogP contribution in [0, 0.1) is 0 Å². The van der Waals surface area contributed by atoms with Crippen LogP contribution in [0.1, 0.15) is 5.56 Å². The minimum Gasteiger partial charge on any atom is -0.507 e. The number of aromatic hydroxyl groups is 1. The molecule has 0 saturated carbocycles. The Morgan fingerprint density at radius 3 is 2.83 bits per heavy atom. The average Bonchev–Trinajstić information content (AvgIpc) is 3.06. The third kappa shape index (κ3) is 3.74. The minimum atomic E-state index is 0.109. The number of halogens is 1. The standard InChI is InChI=1S/C17H14BrN3O2S/c1-23-16-7-12(15(22)8-13(16)18)9-19-21-17-20-14(10-24-17)11-5-3-2-4-6-11/h2-10,22H,1H3,(H,20,21). The lowest BCUT2D eigenvalue weighted by atomic mass is 10.2. The highest BCUT2D eigenvalue weighted by molar-refractivity contribution is 9.10. The molecule has 122 valence electrons. The van der Waals surface area contributed by atoms with Crippen molar-refractivity contribution in [3.05, 3.63) is 57.9 Å². The molecule has 0 amide bonds. The Labute approximate surface area is 151 Å². The summed E-state index contributed by atoms with van der Waals surface area (Å²) in [6.45, 7) is 0. The first-order chi connectivity index (χ1) is 11.7. The van der Waals surface area contributed by atoms with Crippen molar-refractivity contribution >= 4 is 38.6 Å². The van der Waals surface area contributed by atoms with Crippen LogP contribution in [0.15, 0.2) is 57.4 Å². The van der Waals surface area contributed by atoms with Crippen LogP contribution >= 0.6 is 27.3 Å². The van der Waals surface area contributed by atoms with Gasteiger partial charge in [0.1, 0.15) is 11.5 Å². The molecule has 0 atom stereocenters. The fourth-order valence-electron chi connectivity index (χ4n) is 2.04. The monoisotopic (exact) mass is 403 g/mol. The largest absolute Gasteiger partial charge is 0.507 e. The number of hydrazone groups is 1. The zero-order valence-corrected chi connectivity index (χ0v) is 15.1. The molecule has 3 aromatic rings. The third-order valence-electron chi connectivity index (χ3n) is 3.24. The maximum atomic E-state index is 9.94. The van der Waals surface area contributed by atoms with Gasteiger partial charge >= 0.3 is 0 Å². The normalized spacial score (nSPS) is 10.9. The van der Waals surface area contributed by atoms with Crippen molar-refractivity contribution in [2.45, 2.75) is 0 Å². The SMILES string of the molecule is COc1cc(C=NNc2nc(-c3ccccc3)cs2)c(O)cc1Br. The summed E-state index contributed by atoms with van der Waals surface area (Å²) in [6, 6.07) is 13.2. The second kappa shape index (κ2) is 7.46. The van der Waals surface area contributed by atoms with Crippen molar-refractivity contribution in [3.63, 3.8) is 0 Å². The predicted octanol–water partition coefficient (Wildman–Crippen LogP) is 4.73. The number of rotatable bonds is 5. The van der Waals surface area contributed by atoms with E-state index >= 15 is 0 Å². The first-order valence-corrected chi connectivity index (χ1v) is 8.71. The lowest BCUT2D eigenvalue weighted by Gasteiger charge is -2.06. The molecule has 0 aliphatic rings. The van der Waals surface area contributed by atoms with Crippen molar-refractivity contribution in [3.8, 4) is 22.8 Å². The fraction of sp³-hybridized carbons (Fsp3) is 0.0588. The van der Waals surface area contributed by atoms with Crippen molar-refractivity contribution in [2.24, 2.45) is 5.10 Å². The number of benzene rings is 2. The summed E-state index contributed by atoms with van der Waals surface area (Å²) in [5.74, 6) is 0.729. The summed E-state index contributed by atoms with van der Waals surface area (Å²) in [6.07, 6.45) is 1.52. The molecule has 0 aliphatic heterocycles. The zero-order valence-electron chi connectivity index (χ0n) is 12.7. The van der Waals surface area contributed by atoms with Gasteiger partial charge in [-0.3, -0.25) is 5.43 Å². The summed E-state index contributed by atoms with van der Waals surface area (Å²) in [5, 5.41) is 16.7. The van der Waals surface area contributed by atoms with E-state index in [1.165, 1.54) is 17.6 Å². The molecule has 7 heteroatoms. The molecule has 2 N–H and O–H groups in total. The summed E-state index contributed by atoms with van der Waals surface area (Å²) >= 11 is 4.78. The van der Waals surface area contributed by atoms with E-state index in [2.05, 4.69) is 31.4 Å². The first kappa shape index (κ1) is 16.5. The summed E-state index contributed by atoms with van der Waals surface area (Å²) in [4.78, 5) is 4.48. The molecule has 0 saturated heterocycles. The van der Waals surface area contributed by atoms with Gasteiger partial charge in [0.15, 0.2) is 0 Å². The minimum absolute atomic E-state index is 0.109. The van der Waals surface area contributed by atoms with Gasteiger partial charge in [0, 0.05) is 16.5 Å². The number of hydrogen-bond donors (Lipinski definition) is 2. The average molecular weight is 404 g/mol. The Hall–Kier alpha value is -2.38. The lowest BCUT2D eigenvalue weighted by molar-refractivity contribution is 0.409. The topological polar surface area (TPSA) is 66.7 Å². The number of nitrogens with zero attached hydrogens (tertiary/aromatic N) is 2. The number of hydrogen-bond acceptors (Lipinski definition) is 6. The molecular formula is C17H14BrN3O2S. The molecule has 0 fully saturated rings. The maximum absolute atomic E-state index is 9.94. The number of ether oxygens (including phenoxy) is 1. The Kier molecular flexibility index (Phi) is 5.12. The molecule has 1 heterocycles. The molecule has 5 nitrogen and oxygen atoms in total. The number of aromatic nitrogens is 1. The van der Waals surface area contributed by atoms with E-state index in [4.69, 9.17) is 4.74 Å². The van der Waals surface area contributed by atoms with Gasteiger partial charge in [-0.1, -0.05) is 30.3 Å². The van der Waals surface area contributed by atoms with Crippen molar-refractivity contribution in [1.82, 2.24) is 4.98 Å². The van der Waals surface area contributed by atoms with E-state index in [0.717, 1.165) is 11.3 Å². The quantitative estimate of drug-likeness (QED) is 0.477. The van der Waals surface area contributed by atoms with Crippen LogP contribution < -0.4 is 10.2 Å². The molecule has 1 aromatic heterocycles. The zero-order chi connectivity index (χ0) is 16.9. The molecule has 24 heavy (non-hydrogen) atoms. The number of phenolic OH excluding ortho intramolecular Hbond substituents is 1. The molecule has 0 radical (unpaired) electrons. The van der Waals surface area contributed by atoms with Crippen LogP contribution in [0.25, 0.3) is 11.3 Å². The van der Waals surface area contributed by atoms with Gasteiger partial charge in [-0.2, -0.15) is 5.10 Å². The number of thiazole rings is 1. The van der Waals surface area contributed by atoms with Crippen LogP contribution in [-0.2, 0) is 0 Å². The molecular weight excluding hydrogens is 390 g/mol. The Balaban J connectivity index is 1.72. The van der Waals surface area contributed by atoms with Gasteiger partial charge in [0.05, 0.1) is 23.5 Å². The van der Waals surface area contributed by atoms with E-state index in [1.54, 1.807) is 19.2 Å². The fourth-order valence-corrected chi connectivity index (χ4v) is 3.20. The highest BCUT2D eigenvalue weighted by Crippen LogP contribution is 2.31. The van der Waals surface area contributed by atoms with E-state index in [0.29, 0.717) is 20.9 Å². The Morgan fingerprint density at radius 1 is 1.29 bits per heavy atom. The van der Waals surface area contributed by atoms with Crippen LogP contribution in [0.3, 0.4) is 0 Å². The van der Waals surface area contributed by atoms with Crippen LogP contribution in [-0.4, -0.2) is 23.4 Å². The number of methoxy groups -OCH3 is 1. The van der Waals surface area contributed by atoms with E-state index < -0.39 is 0 Å². The Bertz CT molecular complexity index is 866. The Morgan fingerprint density at radius 2 is 2.08 bits per heavy atom. The number of phenols is 1. The highest BCUT2D eigenvalue weighted by atomic mass is 79.9. The van der Waals surface area contributed by atoms with Gasteiger partial charge in [0.25, 0.3) is 0 Å². The summed E-state index contributed by atoms with van der Waals surface area (Å²) in [7, 11) is 1.57. The van der Waals surface area contributed by atoms with Gasteiger partial charge in [-0.15, -0.1) is 11.3 Å². The van der Waals surface area contributed by atoms with Gasteiger partial charge in [0.2, 0.25) is 5.13 Å². The van der Waals surface area contributed by atoms with Gasteiger partial charge in [-0.25, -0.2) is 4.98 Å². The third-order valence-corrected chi connectivity index (χ3v) is 4.61. The molecule has 0 aliphatic carbocycles. The maximum Gasteiger partial charge on any atom is 0.203 e. The van der Waals surface area contributed by atoms with Crippen LogP contribution in [0.4, 0.5) is 5.13 Å². The smallest absolute Gasteiger partial charge is 0.203 e. The molecule has 3 rings (SSSR count). The van der Waals surface area contributed by atoms with Crippen molar-refractivity contribution in [2.75, 3.05) is 12.5 Å². The molecule has 0 unspecified atom stereocenters. The number of nitrogens with one attached hydrogen (secondary N) is 1. The highest BCUT2D eigenvalue weighted by Gasteiger charge is 2.07. The molecule has 0 spiro atoms. The van der Waals surface area contributed by atoms with Gasteiger partial charge < -0.3 is 9.84 Å². The summed E-state index contributed by atoms with van der Waals surface area (Å²) < 4.78 is 5.89. The predicted molar refractivity (Wildman–Crippen MR) is 101 cm³/mol.